The Balaban J connectivity index is 2.11. The average molecular weight is 502 g/mol. The van der Waals surface area contributed by atoms with E-state index in [0.29, 0.717) is 4.90 Å². The van der Waals surface area contributed by atoms with E-state index in [1.54, 1.807) is 72.8 Å². The molecule has 1 N–H and O–H groups in total. The van der Waals surface area contributed by atoms with Gasteiger partial charge in [-0.1, -0.05) is 36.4 Å². The normalized spacial score (nSPS) is 12.8. The maximum absolute atomic E-state index is 14.4. The van der Waals surface area contributed by atoms with Crippen molar-refractivity contribution in [3.63, 3.8) is 0 Å². The zero-order chi connectivity index (χ0) is 24.6. The molecule has 0 aromatic heterocycles. The van der Waals surface area contributed by atoms with Crippen molar-refractivity contribution in [2.75, 3.05) is 14.2 Å². The van der Waals surface area contributed by atoms with Crippen molar-refractivity contribution < 1.29 is 37.8 Å². The first-order valence-electron chi connectivity index (χ1n) is 10.1. The topological polar surface area (TPSA) is 108 Å². The van der Waals surface area contributed by atoms with E-state index in [2.05, 4.69) is 0 Å². The van der Waals surface area contributed by atoms with Crippen LogP contribution in [0.5, 0.6) is 17.2 Å². The molecule has 0 radical (unpaired) electrons. The second-order valence-corrected chi connectivity index (χ2v) is 10.1. The van der Waals surface area contributed by atoms with Crippen LogP contribution in [0.2, 0.25) is 0 Å². The van der Waals surface area contributed by atoms with Crippen LogP contribution in [-0.4, -0.2) is 42.2 Å². The molecule has 3 aromatic rings. The molecule has 0 heterocycles. The minimum atomic E-state index is -4.46. The molecule has 0 aliphatic carbocycles. The van der Waals surface area contributed by atoms with Gasteiger partial charge in [-0.25, -0.2) is 4.57 Å². The quantitative estimate of drug-likeness (QED) is 0.235. The third-order valence-electron chi connectivity index (χ3n) is 4.56. The number of aromatic hydroxyl groups is 1. The van der Waals surface area contributed by atoms with Crippen molar-refractivity contribution in [1.29, 1.82) is 0 Å². The molecular weight excluding hydrogens is 479 g/mol. The molecule has 34 heavy (non-hydrogen) atoms. The van der Waals surface area contributed by atoms with Crippen LogP contribution < -0.4 is 9.05 Å². The number of hydrogen-bond acceptors (Lipinski definition) is 9. The summed E-state index contributed by atoms with van der Waals surface area (Å²) in [6.07, 6.45) is 0. The van der Waals surface area contributed by atoms with Crippen molar-refractivity contribution in [3.05, 3.63) is 84.9 Å². The van der Waals surface area contributed by atoms with Crippen molar-refractivity contribution in [2.24, 2.45) is 0 Å². The Hall–Kier alpha value is -3.42. The number of carbonyl (C=O) groups excluding carboxylic acids is 2. The first-order chi connectivity index (χ1) is 16.4. The molecule has 8 nitrogen and oxygen atoms in total. The van der Waals surface area contributed by atoms with E-state index in [9.17, 15) is 19.3 Å². The van der Waals surface area contributed by atoms with E-state index in [0.717, 1.165) is 26.0 Å². The van der Waals surface area contributed by atoms with E-state index in [-0.39, 0.29) is 17.2 Å². The largest absolute Gasteiger partial charge is 0.508 e. The molecule has 0 amide bonds. The standard InChI is InChI=1S/C24H23O8PS/c1-29-23(26)21(22(24(27)30-2)34-20-15-13-17(25)14-16-20)33(28,31-18-9-5-3-6-10-18)32-19-11-7-4-8-12-19/h3-16,21-22,25H,1-2H3/t21-,22+/m0/s1. The molecule has 0 spiro atoms. The Morgan fingerprint density at radius 3 is 1.68 bits per heavy atom. The smallest absolute Gasteiger partial charge is 0.446 e. The highest BCUT2D eigenvalue weighted by Crippen LogP contribution is 2.56. The first-order valence-corrected chi connectivity index (χ1v) is 12.6. The maximum atomic E-state index is 14.4. The van der Waals surface area contributed by atoms with Crippen molar-refractivity contribution in [1.82, 2.24) is 0 Å². The molecule has 0 fully saturated rings. The Morgan fingerprint density at radius 2 is 1.24 bits per heavy atom. The number of para-hydroxylation sites is 2. The molecule has 0 aliphatic rings. The zero-order valence-corrected chi connectivity index (χ0v) is 20.1. The minimum absolute atomic E-state index is 0.0222. The van der Waals surface area contributed by atoms with Crippen molar-refractivity contribution in [3.8, 4) is 17.2 Å². The number of phenols is 1. The molecular formula is C24H23O8PS. The van der Waals surface area contributed by atoms with Crippen LogP contribution in [0, 0.1) is 0 Å². The summed E-state index contributed by atoms with van der Waals surface area (Å²) in [5.41, 5.74) is -1.69. The minimum Gasteiger partial charge on any atom is -0.508 e. The van der Waals surface area contributed by atoms with Gasteiger partial charge in [0.05, 0.1) is 14.2 Å². The van der Waals surface area contributed by atoms with Gasteiger partial charge in [-0.15, -0.1) is 11.8 Å². The van der Waals surface area contributed by atoms with E-state index >= 15 is 0 Å². The molecule has 0 unspecified atom stereocenters. The molecule has 178 valence electrons. The third-order valence-corrected chi connectivity index (χ3v) is 8.14. The summed E-state index contributed by atoms with van der Waals surface area (Å²) in [5, 5.41) is 8.22. The predicted octanol–water partition coefficient (Wildman–Crippen LogP) is 4.92. The van der Waals surface area contributed by atoms with Crippen LogP contribution >= 0.6 is 19.4 Å². The fourth-order valence-electron chi connectivity index (χ4n) is 2.96. The van der Waals surface area contributed by atoms with Crippen molar-refractivity contribution in [2.45, 2.75) is 15.8 Å². The highest BCUT2D eigenvalue weighted by Gasteiger charge is 2.54. The summed E-state index contributed by atoms with van der Waals surface area (Å²) in [6, 6.07) is 22.3. The van der Waals surface area contributed by atoms with Gasteiger partial charge < -0.3 is 23.6 Å². The maximum Gasteiger partial charge on any atom is 0.446 e. The molecule has 3 rings (SSSR count). The predicted molar refractivity (Wildman–Crippen MR) is 127 cm³/mol. The Labute approximate surface area is 201 Å². The lowest BCUT2D eigenvalue weighted by Gasteiger charge is -2.29. The van der Waals surface area contributed by atoms with Gasteiger partial charge in [-0.3, -0.25) is 9.59 Å². The summed E-state index contributed by atoms with van der Waals surface area (Å²) >= 11 is 0.911. The molecule has 0 bridgehead atoms. The summed E-state index contributed by atoms with van der Waals surface area (Å²) in [4.78, 5) is 26.4. The fourth-order valence-corrected chi connectivity index (χ4v) is 6.52. The van der Waals surface area contributed by atoms with E-state index < -0.39 is 30.4 Å². The van der Waals surface area contributed by atoms with Crippen LogP contribution in [0.3, 0.4) is 0 Å². The lowest BCUT2D eigenvalue weighted by atomic mass is 10.3. The molecule has 0 saturated carbocycles. The van der Waals surface area contributed by atoms with Crippen LogP contribution in [0.25, 0.3) is 0 Å². The number of ether oxygens (including phenoxy) is 2. The van der Waals surface area contributed by atoms with E-state index in [1.165, 1.54) is 12.1 Å². The lowest BCUT2D eigenvalue weighted by molar-refractivity contribution is -0.146. The number of phenolic OH excluding ortho intramolecular Hbond substituents is 1. The van der Waals surface area contributed by atoms with Gasteiger partial charge in [0.25, 0.3) is 0 Å². The number of benzene rings is 3. The van der Waals surface area contributed by atoms with Gasteiger partial charge in [0.2, 0.25) is 5.66 Å². The lowest BCUT2D eigenvalue weighted by Crippen LogP contribution is -2.41. The van der Waals surface area contributed by atoms with Gasteiger partial charge in [-0.05, 0) is 48.5 Å². The van der Waals surface area contributed by atoms with Gasteiger partial charge >= 0.3 is 19.5 Å². The number of carbonyl (C=O) groups is 2. The number of thioether (sulfide) groups is 1. The Bertz CT molecular complexity index is 1090. The molecule has 0 saturated heterocycles. The second kappa shape index (κ2) is 11.6. The van der Waals surface area contributed by atoms with E-state index in [1.807, 2.05) is 0 Å². The molecule has 3 aromatic carbocycles. The fraction of sp³-hybridized carbons (Fsp3) is 0.167. The first kappa shape index (κ1) is 25.2. The van der Waals surface area contributed by atoms with Gasteiger partial charge in [0, 0.05) is 4.90 Å². The summed E-state index contributed by atoms with van der Waals surface area (Å²) in [7, 11) is -2.19. The van der Waals surface area contributed by atoms with Crippen molar-refractivity contribution >= 4 is 31.3 Å². The third kappa shape index (κ3) is 6.34. The van der Waals surface area contributed by atoms with Crippen LogP contribution in [0.1, 0.15) is 0 Å². The summed E-state index contributed by atoms with van der Waals surface area (Å²) in [5.74, 6) is -1.43. The highest BCUT2D eigenvalue weighted by molar-refractivity contribution is 8.01. The van der Waals surface area contributed by atoms with Crippen LogP contribution in [0.15, 0.2) is 89.8 Å². The SMILES string of the molecule is COC(=O)[C@H]([C@@H](Sc1ccc(O)cc1)C(=O)OC)P(=O)(Oc1ccccc1)Oc1ccccc1. The van der Waals surface area contributed by atoms with Gasteiger partial charge in [0.15, 0.2) is 0 Å². The van der Waals surface area contributed by atoms with Crippen LogP contribution in [-0.2, 0) is 23.6 Å². The number of rotatable bonds is 10. The van der Waals surface area contributed by atoms with Gasteiger partial charge in [-0.2, -0.15) is 0 Å². The number of esters is 2. The molecule has 0 aliphatic heterocycles. The highest BCUT2D eigenvalue weighted by atomic mass is 32.2. The molecule has 10 heteroatoms. The Kier molecular flexibility index (Phi) is 8.62. The summed E-state index contributed by atoms with van der Waals surface area (Å²) < 4.78 is 35.8. The monoisotopic (exact) mass is 502 g/mol. The average Bonchev–Trinajstić information content (AvgIpc) is 2.85. The second-order valence-electron chi connectivity index (χ2n) is 6.87. The summed E-state index contributed by atoms with van der Waals surface area (Å²) in [6.45, 7) is 0. The molecule has 2 atom stereocenters. The van der Waals surface area contributed by atoms with E-state index in [4.69, 9.17) is 18.5 Å². The Morgan fingerprint density at radius 1 is 0.765 bits per heavy atom. The van der Waals surface area contributed by atoms with Gasteiger partial charge in [0.1, 0.15) is 22.5 Å². The number of methoxy groups -OCH3 is 2. The zero-order valence-electron chi connectivity index (χ0n) is 18.4. The number of hydrogen-bond donors (Lipinski definition) is 1. The van der Waals surface area contributed by atoms with Crippen LogP contribution in [0.4, 0.5) is 0 Å².